The normalized spacial score (nSPS) is 19.8. The van der Waals surface area contributed by atoms with Crippen LogP contribution in [-0.2, 0) is 6.42 Å². The third kappa shape index (κ3) is 3.29. The molecule has 0 amide bonds. The monoisotopic (exact) mass is 376 g/mol. The maximum atomic E-state index is 13.3. The molecule has 0 aliphatic heterocycles. The Morgan fingerprint density at radius 1 is 1.14 bits per heavy atom. The minimum Gasteiger partial charge on any atom is -0.388 e. The molecule has 1 aromatic heterocycles. The molecule has 1 aliphatic carbocycles. The van der Waals surface area contributed by atoms with Crippen molar-refractivity contribution in [2.24, 2.45) is 5.41 Å². The van der Waals surface area contributed by atoms with E-state index < -0.39 is 6.10 Å². The molecule has 1 N–H and O–H groups in total. The van der Waals surface area contributed by atoms with Gasteiger partial charge in [0.25, 0.3) is 0 Å². The summed E-state index contributed by atoms with van der Waals surface area (Å²) in [5.41, 5.74) is 6.20. The third-order valence-corrected chi connectivity index (χ3v) is 6.03. The van der Waals surface area contributed by atoms with Gasteiger partial charge in [-0.3, -0.25) is 0 Å². The SMILES string of the molecule is CC1=Cc2c(cnn2-c2ccc(F)cc2)CC1(C)CC(O)c1ccccc1C. The van der Waals surface area contributed by atoms with Gasteiger partial charge in [0.1, 0.15) is 5.82 Å². The zero-order chi connectivity index (χ0) is 19.9. The Hall–Kier alpha value is -2.72. The van der Waals surface area contributed by atoms with Crippen LogP contribution in [0.3, 0.4) is 0 Å². The van der Waals surface area contributed by atoms with Gasteiger partial charge in [-0.15, -0.1) is 0 Å². The van der Waals surface area contributed by atoms with Crippen molar-refractivity contribution in [2.45, 2.75) is 39.7 Å². The van der Waals surface area contributed by atoms with Crippen molar-refractivity contribution in [2.75, 3.05) is 0 Å². The molecule has 1 aliphatic rings. The van der Waals surface area contributed by atoms with Crippen LogP contribution in [0, 0.1) is 18.2 Å². The van der Waals surface area contributed by atoms with Gasteiger partial charge in [0.05, 0.1) is 23.7 Å². The van der Waals surface area contributed by atoms with Crippen LogP contribution in [0.25, 0.3) is 11.8 Å². The second-order valence-electron chi connectivity index (χ2n) is 8.08. The predicted molar refractivity (Wildman–Crippen MR) is 110 cm³/mol. The number of halogens is 1. The molecule has 0 fully saturated rings. The maximum absolute atomic E-state index is 13.3. The molecule has 4 rings (SSSR count). The highest BCUT2D eigenvalue weighted by Gasteiger charge is 2.35. The highest BCUT2D eigenvalue weighted by atomic mass is 19.1. The number of aryl methyl sites for hydroxylation is 1. The van der Waals surface area contributed by atoms with Crippen molar-refractivity contribution in [3.8, 4) is 5.69 Å². The topological polar surface area (TPSA) is 38.0 Å². The summed E-state index contributed by atoms with van der Waals surface area (Å²) in [7, 11) is 0. The molecule has 1 heterocycles. The van der Waals surface area contributed by atoms with Gasteiger partial charge in [0.15, 0.2) is 0 Å². The summed E-state index contributed by atoms with van der Waals surface area (Å²) in [5.74, 6) is -0.255. The Morgan fingerprint density at radius 2 is 1.86 bits per heavy atom. The van der Waals surface area contributed by atoms with E-state index in [2.05, 4.69) is 25.0 Å². The van der Waals surface area contributed by atoms with Crippen molar-refractivity contribution in [1.29, 1.82) is 0 Å². The maximum Gasteiger partial charge on any atom is 0.123 e. The van der Waals surface area contributed by atoms with Gasteiger partial charge < -0.3 is 5.11 Å². The molecule has 2 atom stereocenters. The van der Waals surface area contributed by atoms with E-state index in [1.54, 1.807) is 12.1 Å². The van der Waals surface area contributed by atoms with Crippen LogP contribution in [-0.4, -0.2) is 14.9 Å². The minimum atomic E-state index is -0.511. The molecule has 28 heavy (non-hydrogen) atoms. The summed E-state index contributed by atoms with van der Waals surface area (Å²) in [5, 5.41) is 15.4. The first-order valence-electron chi connectivity index (χ1n) is 9.62. The first-order chi connectivity index (χ1) is 13.4. The number of aliphatic hydroxyl groups is 1. The van der Waals surface area contributed by atoms with Gasteiger partial charge in [-0.25, -0.2) is 9.07 Å². The smallest absolute Gasteiger partial charge is 0.123 e. The van der Waals surface area contributed by atoms with Crippen LogP contribution in [0.2, 0.25) is 0 Å². The lowest BCUT2D eigenvalue weighted by Gasteiger charge is -2.36. The van der Waals surface area contributed by atoms with Crippen molar-refractivity contribution in [1.82, 2.24) is 9.78 Å². The quantitative estimate of drug-likeness (QED) is 0.661. The van der Waals surface area contributed by atoms with Crippen molar-refractivity contribution >= 4 is 6.08 Å². The van der Waals surface area contributed by atoms with Crippen LogP contribution in [0.4, 0.5) is 4.39 Å². The number of rotatable bonds is 4. The van der Waals surface area contributed by atoms with Crippen LogP contribution in [0.15, 0.2) is 60.3 Å². The zero-order valence-corrected chi connectivity index (χ0v) is 16.5. The summed E-state index contributed by atoms with van der Waals surface area (Å²) in [6.07, 6.45) is 5.00. The number of hydrogen-bond acceptors (Lipinski definition) is 2. The molecular weight excluding hydrogens is 351 g/mol. The number of benzene rings is 2. The largest absolute Gasteiger partial charge is 0.388 e. The van der Waals surface area contributed by atoms with Gasteiger partial charge in [-0.2, -0.15) is 5.10 Å². The molecule has 4 heteroatoms. The van der Waals surface area contributed by atoms with E-state index in [0.717, 1.165) is 34.5 Å². The number of nitrogens with zero attached hydrogens (tertiary/aromatic N) is 2. The van der Waals surface area contributed by atoms with E-state index in [1.807, 2.05) is 42.1 Å². The van der Waals surface area contributed by atoms with Gasteiger partial charge in [0, 0.05) is 0 Å². The highest BCUT2D eigenvalue weighted by molar-refractivity contribution is 5.60. The van der Waals surface area contributed by atoms with Crippen LogP contribution >= 0.6 is 0 Å². The predicted octanol–water partition coefficient (Wildman–Crippen LogP) is 5.41. The Morgan fingerprint density at radius 3 is 2.57 bits per heavy atom. The van der Waals surface area contributed by atoms with Crippen molar-refractivity contribution in [3.05, 3.63) is 88.5 Å². The first kappa shape index (κ1) is 18.6. The Kier molecular flexibility index (Phi) is 4.68. The molecule has 3 aromatic rings. The minimum absolute atomic E-state index is 0.147. The highest BCUT2D eigenvalue weighted by Crippen LogP contribution is 2.44. The van der Waals surface area contributed by atoms with Crippen LogP contribution < -0.4 is 0 Å². The fourth-order valence-corrected chi connectivity index (χ4v) is 4.14. The summed E-state index contributed by atoms with van der Waals surface area (Å²) >= 11 is 0. The van der Waals surface area contributed by atoms with Crippen molar-refractivity contribution < 1.29 is 9.50 Å². The second kappa shape index (κ2) is 7.02. The molecule has 2 unspecified atom stereocenters. The van der Waals surface area contributed by atoms with Gasteiger partial charge in [-0.05, 0) is 79.1 Å². The van der Waals surface area contributed by atoms with E-state index in [9.17, 15) is 9.50 Å². The second-order valence-corrected chi connectivity index (χ2v) is 8.08. The van der Waals surface area contributed by atoms with Gasteiger partial charge in [-0.1, -0.05) is 36.8 Å². The lowest BCUT2D eigenvalue weighted by molar-refractivity contribution is 0.120. The Balaban J connectivity index is 1.63. The molecule has 0 bridgehead atoms. The summed E-state index contributed by atoms with van der Waals surface area (Å²) in [6, 6.07) is 14.4. The molecule has 3 nitrogen and oxygen atoms in total. The first-order valence-corrected chi connectivity index (χ1v) is 9.62. The van der Waals surface area contributed by atoms with Crippen molar-refractivity contribution in [3.63, 3.8) is 0 Å². The molecule has 144 valence electrons. The lowest BCUT2D eigenvalue weighted by atomic mass is 9.70. The summed E-state index contributed by atoms with van der Waals surface area (Å²) in [4.78, 5) is 0. The molecule has 2 aromatic carbocycles. The number of aliphatic hydroxyl groups excluding tert-OH is 1. The Labute approximate surface area is 165 Å². The standard InChI is InChI=1S/C24H25FN2O/c1-16-6-4-5-7-21(16)23(28)14-24(3)13-18-15-26-27(22(18)12-17(24)2)20-10-8-19(25)9-11-20/h4-12,15,23,28H,13-14H2,1-3H3. The number of allylic oxidation sites excluding steroid dienone is 1. The lowest BCUT2D eigenvalue weighted by Crippen LogP contribution is -2.27. The molecule has 0 spiro atoms. The summed E-state index contributed by atoms with van der Waals surface area (Å²) < 4.78 is 15.1. The third-order valence-electron chi connectivity index (χ3n) is 6.03. The van der Waals surface area contributed by atoms with Crippen LogP contribution in [0.1, 0.15) is 48.8 Å². The van der Waals surface area contributed by atoms with E-state index in [-0.39, 0.29) is 11.2 Å². The van der Waals surface area contributed by atoms with Gasteiger partial charge >= 0.3 is 0 Å². The fraction of sp³-hybridized carbons (Fsp3) is 0.292. The van der Waals surface area contributed by atoms with E-state index >= 15 is 0 Å². The fourth-order valence-electron chi connectivity index (χ4n) is 4.14. The van der Waals surface area contributed by atoms with E-state index in [0.29, 0.717) is 6.42 Å². The number of aromatic nitrogens is 2. The molecule has 0 saturated heterocycles. The molecule has 0 radical (unpaired) electrons. The number of fused-ring (bicyclic) bond motifs is 1. The molecule has 0 saturated carbocycles. The number of hydrogen-bond donors (Lipinski definition) is 1. The average molecular weight is 376 g/mol. The summed E-state index contributed by atoms with van der Waals surface area (Å²) in [6.45, 7) is 6.36. The molecular formula is C24H25FN2O. The van der Waals surface area contributed by atoms with Gasteiger partial charge in [0.2, 0.25) is 0 Å². The Bertz CT molecular complexity index is 1040. The average Bonchev–Trinajstić information content (AvgIpc) is 3.05. The van der Waals surface area contributed by atoms with E-state index in [1.165, 1.54) is 17.7 Å². The van der Waals surface area contributed by atoms with E-state index in [4.69, 9.17) is 0 Å². The zero-order valence-electron chi connectivity index (χ0n) is 16.5. The van der Waals surface area contributed by atoms with Crippen LogP contribution in [0.5, 0.6) is 0 Å².